The highest BCUT2D eigenvalue weighted by Crippen LogP contribution is 2.48. The molecule has 0 saturated heterocycles. The zero-order valence-corrected chi connectivity index (χ0v) is 13.9. The highest BCUT2D eigenvalue weighted by molar-refractivity contribution is 5.83. The van der Waals surface area contributed by atoms with Crippen molar-refractivity contribution in [1.29, 1.82) is 0 Å². The van der Waals surface area contributed by atoms with Crippen molar-refractivity contribution in [2.45, 2.75) is 51.4 Å². The minimum Gasteiger partial charge on any atom is -0.298 e. The van der Waals surface area contributed by atoms with Crippen molar-refractivity contribution < 1.29 is 4.79 Å². The summed E-state index contributed by atoms with van der Waals surface area (Å²) in [5.74, 6) is 0. The SMILES string of the molecule is CC1(C)CCC(C)(C)c2c(C=O)cc(-c3ccccc3)cc21. The Labute approximate surface area is 133 Å². The van der Waals surface area contributed by atoms with Crippen LogP contribution in [-0.4, -0.2) is 6.29 Å². The molecule has 2 aromatic carbocycles. The number of benzene rings is 2. The Kier molecular flexibility index (Phi) is 3.47. The van der Waals surface area contributed by atoms with Crippen molar-refractivity contribution in [3.63, 3.8) is 0 Å². The number of fused-ring (bicyclic) bond motifs is 1. The molecule has 0 N–H and O–H groups in total. The van der Waals surface area contributed by atoms with Crippen molar-refractivity contribution in [1.82, 2.24) is 0 Å². The molecule has 0 spiro atoms. The van der Waals surface area contributed by atoms with E-state index in [4.69, 9.17) is 0 Å². The zero-order chi connectivity index (χ0) is 16.0. The summed E-state index contributed by atoms with van der Waals surface area (Å²) in [6.07, 6.45) is 3.32. The summed E-state index contributed by atoms with van der Waals surface area (Å²) < 4.78 is 0. The first-order valence-corrected chi connectivity index (χ1v) is 8.05. The molecule has 0 aromatic heterocycles. The fourth-order valence-electron chi connectivity index (χ4n) is 3.73. The van der Waals surface area contributed by atoms with Crippen LogP contribution in [0, 0.1) is 0 Å². The lowest BCUT2D eigenvalue weighted by atomic mass is 9.61. The van der Waals surface area contributed by atoms with Crippen LogP contribution < -0.4 is 0 Å². The molecule has 0 fully saturated rings. The van der Waals surface area contributed by atoms with Gasteiger partial charge in [-0.2, -0.15) is 0 Å². The molecule has 1 nitrogen and oxygen atoms in total. The van der Waals surface area contributed by atoms with Gasteiger partial charge in [-0.15, -0.1) is 0 Å². The van der Waals surface area contributed by atoms with Crippen molar-refractivity contribution in [2.75, 3.05) is 0 Å². The van der Waals surface area contributed by atoms with E-state index >= 15 is 0 Å². The Morgan fingerprint density at radius 3 is 2.14 bits per heavy atom. The lowest BCUT2D eigenvalue weighted by Crippen LogP contribution is -2.35. The first-order valence-electron chi connectivity index (χ1n) is 8.05. The summed E-state index contributed by atoms with van der Waals surface area (Å²) in [7, 11) is 0. The predicted molar refractivity (Wildman–Crippen MR) is 92.6 cm³/mol. The van der Waals surface area contributed by atoms with Gasteiger partial charge in [0.2, 0.25) is 0 Å². The average molecular weight is 292 g/mol. The maximum absolute atomic E-state index is 11.8. The van der Waals surface area contributed by atoms with Gasteiger partial charge in [0.15, 0.2) is 0 Å². The first kappa shape index (κ1) is 15.0. The largest absolute Gasteiger partial charge is 0.298 e. The Hall–Kier alpha value is -1.89. The van der Waals surface area contributed by atoms with Gasteiger partial charge in [0.1, 0.15) is 6.29 Å². The molecule has 114 valence electrons. The second-order valence-electron chi connectivity index (χ2n) is 7.74. The second kappa shape index (κ2) is 5.08. The standard InChI is InChI=1S/C21H24O/c1-20(2)10-11-21(3,4)19-17(14-22)12-16(13-18(19)20)15-8-6-5-7-9-15/h5-9,12-14H,10-11H2,1-4H3. The molecule has 2 aromatic rings. The molecule has 0 radical (unpaired) electrons. The molecule has 0 saturated carbocycles. The van der Waals surface area contributed by atoms with Gasteiger partial charge in [-0.1, -0.05) is 64.1 Å². The fourth-order valence-corrected chi connectivity index (χ4v) is 3.73. The quantitative estimate of drug-likeness (QED) is 0.666. The van der Waals surface area contributed by atoms with Crippen LogP contribution in [0.4, 0.5) is 0 Å². The maximum Gasteiger partial charge on any atom is 0.150 e. The Bertz CT molecular complexity index is 708. The van der Waals surface area contributed by atoms with Gasteiger partial charge in [-0.3, -0.25) is 4.79 Å². The normalized spacial score (nSPS) is 18.5. The summed E-state index contributed by atoms with van der Waals surface area (Å²) >= 11 is 0. The maximum atomic E-state index is 11.8. The highest BCUT2D eigenvalue weighted by atomic mass is 16.1. The van der Waals surface area contributed by atoms with E-state index in [0.717, 1.165) is 30.3 Å². The number of carbonyl (C=O) groups excluding carboxylic acids is 1. The minimum absolute atomic E-state index is 0.0658. The van der Waals surface area contributed by atoms with Crippen LogP contribution in [0.1, 0.15) is 62.0 Å². The molecule has 0 unspecified atom stereocenters. The first-order chi connectivity index (χ1) is 10.3. The average Bonchev–Trinajstić information content (AvgIpc) is 2.51. The third-order valence-corrected chi connectivity index (χ3v) is 5.18. The Morgan fingerprint density at radius 2 is 1.50 bits per heavy atom. The third-order valence-electron chi connectivity index (χ3n) is 5.18. The molecule has 1 aliphatic rings. The number of carbonyl (C=O) groups is 1. The van der Waals surface area contributed by atoms with Gasteiger partial charge >= 0.3 is 0 Å². The summed E-state index contributed by atoms with van der Waals surface area (Å²) in [6.45, 7) is 9.11. The van der Waals surface area contributed by atoms with Crippen molar-refractivity contribution in [3.8, 4) is 11.1 Å². The smallest absolute Gasteiger partial charge is 0.150 e. The monoisotopic (exact) mass is 292 g/mol. The van der Waals surface area contributed by atoms with Gasteiger partial charge in [-0.05, 0) is 52.0 Å². The summed E-state index contributed by atoms with van der Waals surface area (Å²) in [5, 5.41) is 0. The molecule has 1 aliphatic carbocycles. The minimum atomic E-state index is 0.0658. The topological polar surface area (TPSA) is 17.1 Å². The lowest BCUT2D eigenvalue weighted by molar-refractivity contribution is 0.112. The van der Waals surface area contributed by atoms with Crippen molar-refractivity contribution in [3.05, 3.63) is 59.2 Å². The van der Waals surface area contributed by atoms with Crippen molar-refractivity contribution in [2.24, 2.45) is 0 Å². The van der Waals surface area contributed by atoms with E-state index in [-0.39, 0.29) is 10.8 Å². The van der Waals surface area contributed by atoms with E-state index in [2.05, 4.69) is 52.0 Å². The van der Waals surface area contributed by atoms with Crippen LogP contribution in [0.2, 0.25) is 0 Å². The number of rotatable bonds is 2. The van der Waals surface area contributed by atoms with Crippen molar-refractivity contribution >= 4 is 6.29 Å². The van der Waals surface area contributed by atoms with Crippen LogP contribution in [0.15, 0.2) is 42.5 Å². The fraction of sp³-hybridized carbons (Fsp3) is 0.381. The van der Waals surface area contributed by atoms with Crippen LogP contribution in [0.25, 0.3) is 11.1 Å². The summed E-state index contributed by atoms with van der Waals surface area (Å²) in [5.41, 5.74) is 5.95. The molecular weight excluding hydrogens is 268 g/mol. The highest BCUT2D eigenvalue weighted by Gasteiger charge is 2.38. The summed E-state index contributed by atoms with van der Waals surface area (Å²) in [4.78, 5) is 11.8. The molecule has 0 heterocycles. The van der Waals surface area contributed by atoms with Gasteiger partial charge in [-0.25, -0.2) is 0 Å². The molecule has 0 bridgehead atoms. The van der Waals surface area contributed by atoms with Gasteiger partial charge in [0.25, 0.3) is 0 Å². The molecular formula is C21H24O. The second-order valence-corrected chi connectivity index (χ2v) is 7.74. The van der Waals surface area contributed by atoms with Gasteiger partial charge < -0.3 is 0 Å². The Balaban J connectivity index is 2.30. The van der Waals surface area contributed by atoms with Crippen LogP contribution >= 0.6 is 0 Å². The molecule has 22 heavy (non-hydrogen) atoms. The number of hydrogen-bond acceptors (Lipinski definition) is 1. The Morgan fingerprint density at radius 1 is 0.864 bits per heavy atom. The van der Waals surface area contributed by atoms with Crippen LogP contribution in [0.5, 0.6) is 0 Å². The van der Waals surface area contributed by atoms with E-state index in [0.29, 0.717) is 0 Å². The summed E-state index contributed by atoms with van der Waals surface area (Å²) in [6, 6.07) is 14.7. The van der Waals surface area contributed by atoms with E-state index in [1.165, 1.54) is 16.7 Å². The van der Waals surface area contributed by atoms with E-state index in [1.807, 2.05) is 18.2 Å². The number of aldehydes is 1. The predicted octanol–water partition coefficient (Wildman–Crippen LogP) is 5.52. The zero-order valence-electron chi connectivity index (χ0n) is 13.9. The lowest BCUT2D eigenvalue weighted by Gasteiger charge is -2.42. The van der Waals surface area contributed by atoms with E-state index < -0.39 is 0 Å². The molecule has 0 amide bonds. The van der Waals surface area contributed by atoms with Gasteiger partial charge in [0.05, 0.1) is 0 Å². The van der Waals surface area contributed by atoms with Gasteiger partial charge in [0, 0.05) is 5.56 Å². The molecule has 1 heteroatoms. The van der Waals surface area contributed by atoms with Crippen LogP contribution in [-0.2, 0) is 10.8 Å². The molecule has 3 rings (SSSR count). The van der Waals surface area contributed by atoms with Crippen LogP contribution in [0.3, 0.4) is 0 Å². The molecule has 0 atom stereocenters. The number of hydrogen-bond donors (Lipinski definition) is 0. The molecule has 0 aliphatic heterocycles. The van der Waals surface area contributed by atoms with E-state index in [1.54, 1.807) is 0 Å². The van der Waals surface area contributed by atoms with E-state index in [9.17, 15) is 4.79 Å². The third kappa shape index (κ3) is 2.39.